The zero-order chi connectivity index (χ0) is 20.8. The number of carbonyl (C=O) groups is 1. The first-order valence-corrected chi connectivity index (χ1v) is 12.6. The van der Waals surface area contributed by atoms with Crippen LogP contribution in [-0.4, -0.2) is 59.0 Å². The Morgan fingerprint density at radius 1 is 1.25 bits per heavy atom. The summed E-state index contributed by atoms with van der Waals surface area (Å²) in [7, 11) is -7.04. The second kappa shape index (κ2) is 10.0. The van der Waals surface area contributed by atoms with E-state index in [0.717, 1.165) is 0 Å². The third kappa shape index (κ3) is 6.41. The van der Waals surface area contributed by atoms with Crippen LogP contribution in [0.4, 0.5) is 0 Å². The van der Waals surface area contributed by atoms with E-state index < -0.39 is 26.0 Å². The molecule has 28 heavy (non-hydrogen) atoms. The van der Waals surface area contributed by atoms with Gasteiger partial charge in [-0.1, -0.05) is 24.6 Å². The van der Waals surface area contributed by atoms with Crippen molar-refractivity contribution in [2.24, 2.45) is 5.92 Å². The summed E-state index contributed by atoms with van der Waals surface area (Å²) in [6.45, 7) is 2.53. The van der Waals surface area contributed by atoms with Crippen molar-refractivity contribution >= 4 is 37.6 Å². The van der Waals surface area contributed by atoms with E-state index in [1.807, 2.05) is 0 Å². The van der Waals surface area contributed by atoms with E-state index in [2.05, 4.69) is 10.0 Å². The highest BCUT2D eigenvalue weighted by atomic mass is 35.5. The molecule has 1 fully saturated rings. The van der Waals surface area contributed by atoms with Crippen LogP contribution in [0.3, 0.4) is 0 Å². The van der Waals surface area contributed by atoms with Crippen LogP contribution in [0.15, 0.2) is 29.2 Å². The van der Waals surface area contributed by atoms with Gasteiger partial charge in [-0.05, 0) is 37.5 Å². The molecule has 158 valence electrons. The number of nitrogens with zero attached hydrogens (tertiary/aromatic N) is 1. The van der Waals surface area contributed by atoms with Gasteiger partial charge in [-0.2, -0.15) is 0 Å². The van der Waals surface area contributed by atoms with Crippen LogP contribution < -0.4 is 10.0 Å². The molecule has 0 spiro atoms. The average molecular weight is 452 g/mol. The molecule has 1 aliphatic rings. The number of amides is 1. The van der Waals surface area contributed by atoms with Crippen LogP contribution in [-0.2, 0) is 24.8 Å². The number of hydrogen-bond acceptors (Lipinski definition) is 5. The van der Waals surface area contributed by atoms with Crippen LogP contribution in [0.2, 0.25) is 5.02 Å². The van der Waals surface area contributed by atoms with Gasteiger partial charge < -0.3 is 5.32 Å². The number of hydrogen-bond donors (Lipinski definition) is 2. The summed E-state index contributed by atoms with van der Waals surface area (Å²) in [5, 5.41) is 2.99. The molecule has 0 saturated carbocycles. The smallest absolute Gasteiger partial charge is 0.240 e. The maximum atomic E-state index is 12.3. The molecule has 1 heterocycles. The van der Waals surface area contributed by atoms with Crippen molar-refractivity contribution in [2.45, 2.75) is 31.1 Å². The molecule has 1 amide bonds. The summed E-state index contributed by atoms with van der Waals surface area (Å²) in [5.41, 5.74) is 0. The minimum Gasteiger partial charge on any atom is -0.355 e. The summed E-state index contributed by atoms with van der Waals surface area (Å²) >= 11 is 5.81. The second-order valence-electron chi connectivity index (χ2n) is 6.66. The summed E-state index contributed by atoms with van der Waals surface area (Å²) in [6.07, 6.45) is 1.77. The number of sulfonamides is 2. The van der Waals surface area contributed by atoms with E-state index in [1.54, 1.807) is 19.1 Å². The zero-order valence-corrected chi connectivity index (χ0v) is 18.1. The Labute approximate surface area is 171 Å². The van der Waals surface area contributed by atoms with Crippen molar-refractivity contribution in [1.29, 1.82) is 0 Å². The maximum Gasteiger partial charge on any atom is 0.240 e. The Morgan fingerprint density at radius 2 is 2.00 bits per heavy atom. The Morgan fingerprint density at radius 3 is 2.68 bits per heavy atom. The van der Waals surface area contributed by atoms with Crippen LogP contribution in [0, 0.1) is 5.92 Å². The fraction of sp³-hybridized carbons (Fsp3) is 0.588. The highest BCUT2D eigenvalue weighted by Crippen LogP contribution is 2.20. The monoisotopic (exact) mass is 451 g/mol. The SMILES string of the molecule is CCCS(=O)(=O)N1CCCC(C(=O)NCCNS(=O)(=O)c2cccc(Cl)c2)C1. The lowest BCUT2D eigenvalue weighted by Gasteiger charge is -2.31. The molecule has 8 nitrogen and oxygen atoms in total. The molecule has 2 N–H and O–H groups in total. The number of halogens is 1. The lowest BCUT2D eigenvalue weighted by atomic mass is 9.99. The van der Waals surface area contributed by atoms with Gasteiger partial charge in [0.1, 0.15) is 0 Å². The topological polar surface area (TPSA) is 113 Å². The highest BCUT2D eigenvalue weighted by Gasteiger charge is 2.31. The lowest BCUT2D eigenvalue weighted by molar-refractivity contribution is -0.126. The molecule has 1 aromatic rings. The molecule has 2 rings (SSSR count). The molecular weight excluding hydrogens is 426 g/mol. The van der Waals surface area contributed by atoms with Crippen molar-refractivity contribution in [3.8, 4) is 0 Å². The average Bonchev–Trinajstić information content (AvgIpc) is 2.65. The van der Waals surface area contributed by atoms with Gasteiger partial charge in [-0.3, -0.25) is 4.79 Å². The normalized spacial score (nSPS) is 18.7. The van der Waals surface area contributed by atoms with Crippen molar-refractivity contribution < 1.29 is 21.6 Å². The van der Waals surface area contributed by atoms with Crippen molar-refractivity contribution in [3.63, 3.8) is 0 Å². The summed E-state index contributed by atoms with van der Waals surface area (Å²) in [5.74, 6) is -0.615. The van der Waals surface area contributed by atoms with E-state index in [-0.39, 0.29) is 36.2 Å². The third-order valence-electron chi connectivity index (χ3n) is 4.43. The molecule has 1 unspecified atom stereocenters. The van der Waals surface area contributed by atoms with Gasteiger partial charge in [0.2, 0.25) is 26.0 Å². The van der Waals surface area contributed by atoms with E-state index in [0.29, 0.717) is 30.8 Å². The number of carbonyl (C=O) groups excluding carboxylic acids is 1. The van der Waals surface area contributed by atoms with Gasteiger partial charge >= 0.3 is 0 Å². The summed E-state index contributed by atoms with van der Waals surface area (Å²) in [6, 6.07) is 5.89. The van der Waals surface area contributed by atoms with E-state index in [1.165, 1.54) is 16.4 Å². The Hall–Kier alpha value is -1.20. The predicted molar refractivity (Wildman–Crippen MR) is 108 cm³/mol. The summed E-state index contributed by atoms with van der Waals surface area (Å²) < 4.78 is 52.5. The molecule has 0 radical (unpaired) electrons. The first-order valence-electron chi connectivity index (χ1n) is 9.16. The molecular formula is C17H26ClN3O5S2. The quantitative estimate of drug-likeness (QED) is 0.547. The molecule has 0 bridgehead atoms. The van der Waals surface area contributed by atoms with Gasteiger partial charge in [0, 0.05) is 31.2 Å². The fourth-order valence-electron chi connectivity index (χ4n) is 3.03. The van der Waals surface area contributed by atoms with E-state index >= 15 is 0 Å². The minimum atomic E-state index is -3.71. The molecule has 1 aromatic carbocycles. The van der Waals surface area contributed by atoms with Gasteiger partial charge in [-0.15, -0.1) is 0 Å². The highest BCUT2D eigenvalue weighted by molar-refractivity contribution is 7.89. The van der Waals surface area contributed by atoms with Crippen molar-refractivity contribution in [1.82, 2.24) is 14.3 Å². The predicted octanol–water partition coefficient (Wildman–Crippen LogP) is 1.19. The molecule has 11 heteroatoms. The second-order valence-corrected chi connectivity index (χ2v) is 11.0. The van der Waals surface area contributed by atoms with E-state index in [4.69, 9.17) is 11.6 Å². The zero-order valence-electron chi connectivity index (χ0n) is 15.7. The number of benzene rings is 1. The molecule has 1 atom stereocenters. The van der Waals surface area contributed by atoms with Gasteiger partial charge in [0.05, 0.1) is 16.6 Å². The Bertz CT molecular complexity index is 890. The number of nitrogens with one attached hydrogen (secondary N) is 2. The summed E-state index contributed by atoms with van der Waals surface area (Å²) in [4.78, 5) is 12.4. The Kier molecular flexibility index (Phi) is 8.26. The molecule has 1 saturated heterocycles. The van der Waals surface area contributed by atoms with Crippen LogP contribution >= 0.6 is 11.6 Å². The largest absolute Gasteiger partial charge is 0.355 e. The Balaban J connectivity index is 1.82. The number of rotatable bonds is 9. The van der Waals surface area contributed by atoms with Crippen molar-refractivity contribution in [3.05, 3.63) is 29.3 Å². The van der Waals surface area contributed by atoms with Gasteiger partial charge in [0.25, 0.3) is 0 Å². The van der Waals surface area contributed by atoms with Gasteiger partial charge in [-0.25, -0.2) is 25.9 Å². The molecule has 0 aliphatic carbocycles. The van der Waals surface area contributed by atoms with Crippen LogP contribution in [0.5, 0.6) is 0 Å². The fourth-order valence-corrected chi connectivity index (χ4v) is 5.95. The molecule has 0 aromatic heterocycles. The molecule has 1 aliphatic heterocycles. The van der Waals surface area contributed by atoms with E-state index in [9.17, 15) is 21.6 Å². The van der Waals surface area contributed by atoms with Gasteiger partial charge in [0.15, 0.2) is 0 Å². The first-order chi connectivity index (χ1) is 13.2. The lowest BCUT2D eigenvalue weighted by Crippen LogP contribution is -2.47. The maximum absolute atomic E-state index is 12.3. The minimum absolute atomic E-state index is 0.0190. The van der Waals surface area contributed by atoms with Crippen LogP contribution in [0.1, 0.15) is 26.2 Å². The standard InChI is InChI=1S/C17H26ClN3O5S2/c1-2-11-27(23,24)21-10-4-5-14(13-21)17(22)19-8-9-20-28(25,26)16-7-3-6-15(18)12-16/h3,6-7,12,14,20H,2,4-5,8-11,13H2,1H3,(H,19,22). The first kappa shape index (κ1) is 23.1. The van der Waals surface area contributed by atoms with Crippen LogP contribution in [0.25, 0.3) is 0 Å². The van der Waals surface area contributed by atoms with Crippen molar-refractivity contribution in [2.75, 3.05) is 31.9 Å². The third-order valence-corrected chi connectivity index (χ3v) is 8.17. The number of piperidine rings is 1.